The van der Waals surface area contributed by atoms with Gasteiger partial charge in [-0.3, -0.25) is 4.79 Å². The van der Waals surface area contributed by atoms with Gasteiger partial charge in [-0.25, -0.2) is 0 Å². The van der Waals surface area contributed by atoms with Crippen LogP contribution in [0.3, 0.4) is 0 Å². The maximum atomic E-state index is 12.4. The fourth-order valence-corrected chi connectivity index (χ4v) is 3.69. The molecule has 0 aliphatic rings. The second-order valence-corrected chi connectivity index (χ2v) is 10.8. The molecule has 0 fully saturated rings. The zero-order chi connectivity index (χ0) is 26.9. The Kier molecular flexibility index (Phi) is 11.9. The minimum absolute atomic E-state index is 0.145. The van der Waals surface area contributed by atoms with Crippen LogP contribution in [0.2, 0.25) is 0 Å². The van der Waals surface area contributed by atoms with E-state index in [2.05, 4.69) is 13.8 Å². The highest BCUT2D eigenvalue weighted by molar-refractivity contribution is 5.73. The van der Waals surface area contributed by atoms with Gasteiger partial charge in [0, 0.05) is 5.41 Å². The monoisotopic (exact) mass is 472 g/mol. The van der Waals surface area contributed by atoms with Crippen molar-refractivity contribution >= 4 is 5.97 Å². The fraction of sp³-hybridized carbons (Fsp3) is 0.567. The number of phenolic OH excluding ortho intramolecular Hbond substituents is 2. The molecule has 0 aromatic heterocycles. The van der Waals surface area contributed by atoms with Gasteiger partial charge in [-0.05, 0) is 45.2 Å². The van der Waals surface area contributed by atoms with Crippen molar-refractivity contribution in [1.82, 2.24) is 0 Å². The summed E-state index contributed by atoms with van der Waals surface area (Å²) in [6.45, 7) is 22.5. The molecule has 0 spiro atoms. The molecule has 0 aliphatic heterocycles. The molecule has 34 heavy (non-hydrogen) atoms. The molecular weight excluding hydrogens is 424 g/mol. The van der Waals surface area contributed by atoms with Crippen molar-refractivity contribution in [2.24, 2.45) is 0 Å². The number of methoxy groups -OCH3 is 1. The van der Waals surface area contributed by atoms with Crippen molar-refractivity contribution in [3.8, 4) is 11.5 Å². The summed E-state index contributed by atoms with van der Waals surface area (Å²) in [5.41, 5.74) is 2.28. The molecular formula is C30H48O4. The van der Waals surface area contributed by atoms with Crippen LogP contribution in [0, 0.1) is 0 Å². The lowest BCUT2D eigenvalue weighted by Gasteiger charge is -2.33. The zero-order valence-electron chi connectivity index (χ0n) is 23.6. The highest BCUT2D eigenvalue weighted by Crippen LogP contribution is 2.42. The van der Waals surface area contributed by atoms with Crippen molar-refractivity contribution in [3.63, 3.8) is 0 Å². The van der Waals surface area contributed by atoms with Gasteiger partial charge in [0.1, 0.15) is 11.5 Å². The molecule has 0 heterocycles. The molecule has 0 saturated heterocycles. The number of hydrogen-bond donors (Lipinski definition) is 2. The SMILES string of the molecule is CC.CCC.COC(=O)CC(C)(c1ccc(O)c(C(C)(C)C)c1)c1ccc(O)c(C(C)(C)C)c1. The van der Waals surface area contributed by atoms with Crippen LogP contribution < -0.4 is 0 Å². The van der Waals surface area contributed by atoms with E-state index in [-0.39, 0.29) is 34.7 Å². The molecule has 0 radical (unpaired) electrons. The molecule has 4 nitrogen and oxygen atoms in total. The molecule has 2 aromatic rings. The molecule has 0 unspecified atom stereocenters. The smallest absolute Gasteiger partial charge is 0.306 e. The highest BCUT2D eigenvalue weighted by Gasteiger charge is 2.35. The number of carbonyl (C=O) groups is 1. The molecule has 0 amide bonds. The Morgan fingerprint density at radius 2 is 1.09 bits per heavy atom. The number of ether oxygens (including phenoxy) is 1. The van der Waals surface area contributed by atoms with Crippen LogP contribution >= 0.6 is 0 Å². The summed E-state index contributed by atoms with van der Waals surface area (Å²) in [5.74, 6) is 0.161. The number of phenols is 2. The first-order valence-corrected chi connectivity index (χ1v) is 12.4. The van der Waals surface area contributed by atoms with Gasteiger partial charge in [0.05, 0.1) is 13.5 Å². The molecule has 4 heteroatoms. The molecule has 2 rings (SSSR count). The Labute approximate surface area is 208 Å². The predicted molar refractivity (Wildman–Crippen MR) is 144 cm³/mol. The topological polar surface area (TPSA) is 66.8 Å². The van der Waals surface area contributed by atoms with E-state index in [1.54, 1.807) is 12.1 Å². The van der Waals surface area contributed by atoms with Gasteiger partial charge in [0.25, 0.3) is 0 Å². The van der Waals surface area contributed by atoms with Gasteiger partial charge in [-0.15, -0.1) is 0 Å². The van der Waals surface area contributed by atoms with Crippen molar-refractivity contribution in [3.05, 3.63) is 58.7 Å². The van der Waals surface area contributed by atoms with E-state index in [4.69, 9.17) is 4.74 Å². The Morgan fingerprint density at radius 3 is 1.35 bits per heavy atom. The molecule has 192 valence electrons. The van der Waals surface area contributed by atoms with Crippen LogP contribution in [0.25, 0.3) is 0 Å². The molecule has 0 saturated carbocycles. The molecule has 0 bridgehead atoms. The van der Waals surface area contributed by atoms with Crippen LogP contribution in [-0.4, -0.2) is 23.3 Å². The second kappa shape index (κ2) is 12.8. The Bertz CT molecular complexity index is 851. The van der Waals surface area contributed by atoms with Gasteiger partial charge in [0.2, 0.25) is 0 Å². The maximum Gasteiger partial charge on any atom is 0.306 e. The fourth-order valence-electron chi connectivity index (χ4n) is 3.69. The van der Waals surface area contributed by atoms with Gasteiger partial charge in [0.15, 0.2) is 0 Å². The number of aromatic hydroxyl groups is 2. The van der Waals surface area contributed by atoms with E-state index in [1.165, 1.54) is 13.5 Å². The molecule has 2 aromatic carbocycles. The van der Waals surface area contributed by atoms with Gasteiger partial charge < -0.3 is 14.9 Å². The van der Waals surface area contributed by atoms with Crippen LogP contribution in [0.15, 0.2) is 36.4 Å². The van der Waals surface area contributed by atoms with Crippen molar-refractivity contribution in [2.75, 3.05) is 7.11 Å². The second-order valence-electron chi connectivity index (χ2n) is 10.8. The van der Waals surface area contributed by atoms with E-state index >= 15 is 0 Å². The summed E-state index contributed by atoms with van der Waals surface area (Å²) in [4.78, 5) is 12.4. The molecule has 0 aliphatic carbocycles. The standard InChI is InChI=1S/C25H34O4.C3H8.C2H6/c1-23(2,3)18-13-16(9-11-20(18)26)25(7,15-22(28)29-8)17-10-12-21(27)19(14-17)24(4,5)6;1-3-2;1-2/h9-14,26-27H,15H2,1-8H3;3H2,1-2H3;1-2H3. The first-order valence-electron chi connectivity index (χ1n) is 12.4. The summed E-state index contributed by atoms with van der Waals surface area (Å²) in [5, 5.41) is 20.8. The van der Waals surface area contributed by atoms with Gasteiger partial charge in [-0.2, -0.15) is 0 Å². The van der Waals surface area contributed by atoms with Gasteiger partial charge in [-0.1, -0.05) is 107 Å². The zero-order valence-corrected chi connectivity index (χ0v) is 23.6. The first kappa shape index (κ1) is 31.5. The third-order valence-electron chi connectivity index (χ3n) is 5.61. The van der Waals surface area contributed by atoms with Crippen LogP contribution in [0.4, 0.5) is 0 Å². The average molecular weight is 473 g/mol. The lowest BCUT2D eigenvalue weighted by Crippen LogP contribution is -2.29. The third-order valence-corrected chi connectivity index (χ3v) is 5.61. The minimum Gasteiger partial charge on any atom is -0.508 e. The summed E-state index contributed by atoms with van der Waals surface area (Å²) in [7, 11) is 1.39. The average Bonchev–Trinajstić information content (AvgIpc) is 2.74. The largest absolute Gasteiger partial charge is 0.508 e. The van der Waals surface area contributed by atoms with Crippen molar-refractivity contribution in [1.29, 1.82) is 0 Å². The maximum absolute atomic E-state index is 12.4. The number of hydrogen-bond acceptors (Lipinski definition) is 4. The molecule has 0 atom stereocenters. The Morgan fingerprint density at radius 1 is 0.765 bits per heavy atom. The normalized spacial score (nSPS) is 11.5. The Balaban J connectivity index is 0.00000201. The van der Waals surface area contributed by atoms with Crippen LogP contribution in [0.1, 0.15) is 111 Å². The number of carbonyl (C=O) groups excluding carboxylic acids is 1. The summed E-state index contributed by atoms with van der Waals surface area (Å²) in [6, 6.07) is 11.0. The van der Waals surface area contributed by atoms with Crippen LogP contribution in [0.5, 0.6) is 11.5 Å². The Hall–Kier alpha value is -2.49. The number of rotatable bonds is 4. The van der Waals surface area contributed by atoms with Gasteiger partial charge >= 0.3 is 5.97 Å². The summed E-state index contributed by atoms with van der Waals surface area (Å²) < 4.78 is 4.99. The lowest BCUT2D eigenvalue weighted by molar-refractivity contribution is -0.141. The van der Waals surface area contributed by atoms with Crippen molar-refractivity contribution < 1.29 is 19.7 Å². The minimum atomic E-state index is -0.686. The predicted octanol–water partition coefficient (Wildman–Crippen LogP) is 8.00. The molecule has 2 N–H and O–H groups in total. The number of esters is 1. The van der Waals surface area contributed by atoms with Crippen molar-refractivity contribution in [2.45, 2.75) is 105 Å². The van der Waals surface area contributed by atoms with E-state index in [0.717, 1.165) is 22.3 Å². The summed E-state index contributed by atoms with van der Waals surface area (Å²) in [6.07, 6.45) is 1.40. The third kappa shape index (κ3) is 8.07. The quantitative estimate of drug-likeness (QED) is 0.442. The number of benzene rings is 2. The lowest BCUT2D eigenvalue weighted by atomic mass is 9.70. The highest BCUT2D eigenvalue weighted by atomic mass is 16.5. The van der Waals surface area contributed by atoms with E-state index < -0.39 is 5.41 Å². The summed E-state index contributed by atoms with van der Waals surface area (Å²) >= 11 is 0. The van der Waals surface area contributed by atoms with E-state index in [1.807, 2.05) is 86.6 Å². The van der Waals surface area contributed by atoms with E-state index in [9.17, 15) is 15.0 Å². The van der Waals surface area contributed by atoms with Crippen LogP contribution in [-0.2, 0) is 25.8 Å². The van der Waals surface area contributed by atoms with E-state index in [0.29, 0.717) is 0 Å². The first-order chi connectivity index (χ1) is 15.6.